The summed E-state index contributed by atoms with van der Waals surface area (Å²) in [6.07, 6.45) is 1.93. The van der Waals surface area contributed by atoms with Crippen LogP contribution in [0.25, 0.3) is 16.9 Å². The quantitative estimate of drug-likeness (QED) is 0.303. The van der Waals surface area contributed by atoms with Gasteiger partial charge in [-0.1, -0.05) is 66.2 Å². The number of carbonyl (C=O) groups is 2. The van der Waals surface area contributed by atoms with Crippen molar-refractivity contribution < 1.29 is 19.1 Å². The largest absolute Gasteiger partial charge is 0.496 e. The summed E-state index contributed by atoms with van der Waals surface area (Å²) >= 11 is 1.53. The molecule has 42 heavy (non-hydrogen) atoms. The highest BCUT2D eigenvalue weighted by Crippen LogP contribution is 2.50. The van der Waals surface area contributed by atoms with Gasteiger partial charge < -0.3 is 14.8 Å². The van der Waals surface area contributed by atoms with E-state index in [2.05, 4.69) is 5.32 Å². The lowest BCUT2D eigenvalue weighted by molar-refractivity contribution is -0.123. The Bertz CT molecular complexity index is 1560. The van der Waals surface area contributed by atoms with Crippen LogP contribution in [0, 0.1) is 6.92 Å². The van der Waals surface area contributed by atoms with Crippen molar-refractivity contribution in [3.63, 3.8) is 0 Å². The van der Waals surface area contributed by atoms with Crippen molar-refractivity contribution in [1.82, 2.24) is 15.1 Å². The van der Waals surface area contributed by atoms with E-state index in [1.807, 2.05) is 90.5 Å². The van der Waals surface area contributed by atoms with Gasteiger partial charge in [-0.25, -0.2) is 4.68 Å². The Balaban J connectivity index is 1.53. The summed E-state index contributed by atoms with van der Waals surface area (Å²) in [4.78, 5) is 28.9. The van der Waals surface area contributed by atoms with Crippen LogP contribution in [0.1, 0.15) is 34.8 Å². The Morgan fingerprint density at radius 3 is 2.57 bits per heavy atom. The van der Waals surface area contributed by atoms with Gasteiger partial charge in [-0.05, 0) is 38.0 Å². The van der Waals surface area contributed by atoms with Crippen molar-refractivity contribution >= 4 is 29.4 Å². The fourth-order valence-corrected chi connectivity index (χ4v) is 6.78. The SMILES string of the molecule is COc1ccccc1[C@H]1SCC(=O)N(CC(=O)NC[C@@H]2CCCO2)c2c1c(-c1ccccc1)nn2-c1ccc(C)cc1. The molecule has 0 saturated carbocycles. The summed E-state index contributed by atoms with van der Waals surface area (Å²) in [6, 6.07) is 25.9. The highest BCUT2D eigenvalue weighted by molar-refractivity contribution is 8.00. The lowest BCUT2D eigenvalue weighted by atomic mass is 9.99. The maximum atomic E-state index is 13.9. The van der Waals surface area contributed by atoms with E-state index in [0.717, 1.165) is 52.2 Å². The minimum atomic E-state index is -0.269. The molecule has 3 aromatic carbocycles. The van der Waals surface area contributed by atoms with E-state index in [-0.39, 0.29) is 35.5 Å². The first kappa shape index (κ1) is 28.1. The number of nitrogens with zero attached hydrogens (tertiary/aromatic N) is 3. The molecule has 3 heterocycles. The predicted molar refractivity (Wildman–Crippen MR) is 165 cm³/mol. The number of anilines is 1. The number of ether oxygens (including phenoxy) is 2. The van der Waals surface area contributed by atoms with E-state index in [1.165, 1.54) is 11.8 Å². The highest BCUT2D eigenvalue weighted by Gasteiger charge is 2.38. The molecule has 1 aromatic heterocycles. The van der Waals surface area contributed by atoms with Crippen LogP contribution in [0.2, 0.25) is 0 Å². The highest BCUT2D eigenvalue weighted by atomic mass is 32.2. The Morgan fingerprint density at radius 1 is 1.07 bits per heavy atom. The zero-order valence-electron chi connectivity index (χ0n) is 23.8. The number of aromatic nitrogens is 2. The molecule has 9 heteroatoms. The Hall–Kier alpha value is -4.08. The standard InChI is InChI=1S/C33H34N4O4S/c1-22-14-16-24(17-15-22)37-33-30(31(35-37)23-9-4-3-5-10-23)32(26-12-6-7-13-27(26)40-2)42-21-29(39)36(33)20-28(38)34-19-25-11-8-18-41-25/h3-7,9-10,12-17,25,32H,8,11,18-21H2,1-2H3,(H,34,38)/t25-,32+/m0/s1. The molecular formula is C33H34N4O4S. The molecule has 0 unspecified atom stereocenters. The van der Waals surface area contributed by atoms with Crippen LogP contribution in [-0.2, 0) is 14.3 Å². The number of para-hydroxylation sites is 1. The van der Waals surface area contributed by atoms with Crippen LogP contribution < -0.4 is 15.0 Å². The van der Waals surface area contributed by atoms with E-state index in [0.29, 0.717) is 19.0 Å². The van der Waals surface area contributed by atoms with Gasteiger partial charge in [0.2, 0.25) is 11.8 Å². The zero-order valence-corrected chi connectivity index (χ0v) is 24.6. The molecule has 0 bridgehead atoms. The topological polar surface area (TPSA) is 85.7 Å². The van der Waals surface area contributed by atoms with Crippen LogP contribution in [0.4, 0.5) is 5.82 Å². The predicted octanol–water partition coefficient (Wildman–Crippen LogP) is 5.32. The second-order valence-corrected chi connectivity index (χ2v) is 11.6. The van der Waals surface area contributed by atoms with Crippen LogP contribution in [-0.4, -0.2) is 60.3 Å². The van der Waals surface area contributed by atoms with Crippen LogP contribution in [0.5, 0.6) is 5.75 Å². The molecule has 6 rings (SSSR count). The summed E-state index contributed by atoms with van der Waals surface area (Å²) in [7, 11) is 1.66. The molecule has 4 aromatic rings. The normalized spacial score (nSPS) is 18.4. The molecule has 0 radical (unpaired) electrons. The fraction of sp³-hybridized carbons (Fsp3) is 0.303. The third-order valence-corrected chi connectivity index (χ3v) is 8.93. The van der Waals surface area contributed by atoms with Crippen molar-refractivity contribution in [2.45, 2.75) is 31.1 Å². The van der Waals surface area contributed by atoms with Crippen molar-refractivity contribution in [3.8, 4) is 22.7 Å². The lowest BCUT2D eigenvalue weighted by Gasteiger charge is -2.24. The number of aryl methyl sites for hydroxylation is 1. The van der Waals surface area contributed by atoms with E-state index in [9.17, 15) is 9.59 Å². The second-order valence-electron chi connectivity index (χ2n) is 10.6. The molecule has 1 N–H and O–H groups in total. The van der Waals surface area contributed by atoms with E-state index < -0.39 is 0 Å². The maximum Gasteiger partial charge on any atom is 0.240 e. The van der Waals surface area contributed by atoms with E-state index in [4.69, 9.17) is 14.6 Å². The monoisotopic (exact) mass is 582 g/mol. The van der Waals surface area contributed by atoms with Gasteiger partial charge in [0.25, 0.3) is 0 Å². The number of methoxy groups -OCH3 is 1. The number of nitrogens with one attached hydrogen (secondary N) is 1. The number of hydrogen-bond acceptors (Lipinski definition) is 6. The van der Waals surface area contributed by atoms with Gasteiger partial charge in [-0.3, -0.25) is 14.5 Å². The molecule has 2 aliphatic heterocycles. The first-order valence-electron chi connectivity index (χ1n) is 14.2. The third-order valence-electron chi connectivity index (χ3n) is 7.69. The molecule has 2 atom stereocenters. The number of thioether (sulfide) groups is 1. The number of amides is 2. The summed E-state index contributed by atoms with van der Waals surface area (Å²) in [5.74, 6) is 1.13. The Kier molecular flexibility index (Phi) is 8.30. The molecular weight excluding hydrogens is 548 g/mol. The van der Waals surface area contributed by atoms with Gasteiger partial charge in [0, 0.05) is 29.8 Å². The van der Waals surface area contributed by atoms with Gasteiger partial charge in [-0.15, -0.1) is 11.8 Å². The molecule has 0 spiro atoms. The van der Waals surface area contributed by atoms with Crippen molar-refractivity contribution in [3.05, 3.63) is 95.6 Å². The number of hydrogen-bond donors (Lipinski definition) is 1. The molecule has 2 aliphatic rings. The van der Waals surface area contributed by atoms with Crippen LogP contribution >= 0.6 is 11.8 Å². The second kappa shape index (κ2) is 12.4. The molecule has 1 fully saturated rings. The number of carbonyl (C=O) groups excluding carboxylic acids is 2. The van der Waals surface area contributed by atoms with Gasteiger partial charge in [0.15, 0.2) is 0 Å². The lowest BCUT2D eigenvalue weighted by Crippen LogP contribution is -2.44. The Labute approximate surface area is 250 Å². The maximum absolute atomic E-state index is 13.9. The average Bonchev–Trinajstić information content (AvgIpc) is 3.66. The van der Waals surface area contributed by atoms with E-state index >= 15 is 0 Å². The van der Waals surface area contributed by atoms with Crippen LogP contribution in [0.3, 0.4) is 0 Å². The summed E-state index contributed by atoms with van der Waals surface area (Å²) in [6.45, 7) is 3.06. The van der Waals surface area contributed by atoms with Gasteiger partial charge >= 0.3 is 0 Å². The minimum Gasteiger partial charge on any atom is -0.496 e. The number of rotatable bonds is 8. The summed E-state index contributed by atoms with van der Waals surface area (Å²) in [5.41, 5.74) is 5.43. The summed E-state index contributed by atoms with van der Waals surface area (Å²) < 4.78 is 13.3. The number of fused-ring (bicyclic) bond motifs is 1. The average molecular weight is 583 g/mol. The van der Waals surface area contributed by atoms with Crippen molar-refractivity contribution in [1.29, 1.82) is 0 Å². The molecule has 0 aliphatic carbocycles. The fourth-order valence-electron chi connectivity index (χ4n) is 5.56. The van der Waals surface area contributed by atoms with Crippen LogP contribution in [0.15, 0.2) is 78.9 Å². The zero-order chi connectivity index (χ0) is 29.1. The molecule has 8 nitrogen and oxygen atoms in total. The minimum absolute atomic E-state index is 0.0117. The van der Waals surface area contributed by atoms with Crippen molar-refractivity contribution in [2.24, 2.45) is 0 Å². The molecule has 1 saturated heterocycles. The summed E-state index contributed by atoms with van der Waals surface area (Å²) in [5, 5.41) is 7.88. The molecule has 2 amide bonds. The Morgan fingerprint density at radius 2 is 1.83 bits per heavy atom. The van der Waals surface area contributed by atoms with Gasteiger partial charge in [0.05, 0.1) is 35.6 Å². The van der Waals surface area contributed by atoms with Gasteiger partial charge in [0.1, 0.15) is 18.1 Å². The van der Waals surface area contributed by atoms with Gasteiger partial charge in [-0.2, -0.15) is 5.10 Å². The first-order valence-corrected chi connectivity index (χ1v) is 15.3. The molecule has 216 valence electrons. The van der Waals surface area contributed by atoms with Crippen molar-refractivity contribution in [2.75, 3.05) is 37.5 Å². The number of benzene rings is 3. The third kappa shape index (κ3) is 5.67. The van der Waals surface area contributed by atoms with E-state index in [1.54, 1.807) is 12.0 Å². The smallest absolute Gasteiger partial charge is 0.240 e. The first-order chi connectivity index (χ1) is 20.5.